The van der Waals surface area contributed by atoms with Crippen LogP contribution in [0.15, 0.2) is 11.6 Å². The van der Waals surface area contributed by atoms with Crippen molar-refractivity contribution in [2.24, 2.45) is 50.2 Å². The molecular formula is C58H92O29. The largest absolute Gasteiger partial charge is 0.479 e. The van der Waals surface area contributed by atoms with E-state index in [1.54, 1.807) is 6.92 Å². The van der Waals surface area contributed by atoms with Crippen LogP contribution >= 0.6 is 0 Å². The van der Waals surface area contributed by atoms with Crippen molar-refractivity contribution in [1.82, 2.24) is 0 Å². The molecule has 0 aromatic heterocycles. The van der Waals surface area contributed by atoms with Crippen molar-refractivity contribution in [3.63, 3.8) is 0 Å². The van der Waals surface area contributed by atoms with Gasteiger partial charge in [0.25, 0.3) is 0 Å². The number of rotatable bonds is 12. The predicted octanol–water partition coefficient (Wildman–Crippen LogP) is -4.55. The fourth-order valence-electron chi connectivity index (χ4n) is 17.7. The van der Waals surface area contributed by atoms with Crippen molar-refractivity contribution in [2.75, 3.05) is 13.2 Å². The van der Waals surface area contributed by atoms with Crippen molar-refractivity contribution in [3.8, 4) is 0 Å². The third-order valence-electron chi connectivity index (χ3n) is 22.7. The molecule has 10 aliphatic rings. The van der Waals surface area contributed by atoms with E-state index < -0.39 is 230 Å². The number of aliphatic carboxylic acids is 1. The molecule has 5 aliphatic heterocycles. The fraction of sp³-hybridized carbons (Fsp3) is 0.931. The third kappa shape index (κ3) is 11.1. The maximum absolute atomic E-state index is 15.4. The monoisotopic (exact) mass is 1250 g/mol. The molecule has 29 heteroatoms. The van der Waals surface area contributed by atoms with Crippen LogP contribution in [0.4, 0.5) is 0 Å². The average molecular weight is 1250 g/mol. The van der Waals surface area contributed by atoms with Crippen LogP contribution < -0.4 is 0 Å². The van der Waals surface area contributed by atoms with Crippen molar-refractivity contribution in [2.45, 2.75) is 273 Å². The molecule has 0 aromatic rings. The minimum Gasteiger partial charge on any atom is -0.479 e. The number of allylic oxidation sites excluding steroid dienone is 2. The summed E-state index contributed by atoms with van der Waals surface area (Å²) in [6, 6.07) is 0. The van der Waals surface area contributed by atoms with Crippen LogP contribution in [-0.2, 0) is 57.0 Å². The molecule has 10 rings (SSSR count). The molecule has 0 radical (unpaired) electrons. The number of ether oxygens (including phenoxy) is 10. The Morgan fingerprint density at radius 2 is 1.13 bits per heavy atom. The predicted molar refractivity (Wildman–Crippen MR) is 286 cm³/mol. The summed E-state index contributed by atoms with van der Waals surface area (Å²) >= 11 is 0. The smallest absolute Gasteiger partial charge is 0.335 e. The van der Waals surface area contributed by atoms with Crippen LogP contribution in [0.25, 0.3) is 0 Å². The zero-order valence-corrected chi connectivity index (χ0v) is 50.0. The molecule has 5 heterocycles. The van der Waals surface area contributed by atoms with E-state index in [1.165, 1.54) is 13.8 Å². The topological polar surface area (TPSA) is 470 Å². The second-order valence-corrected chi connectivity index (χ2v) is 28.5. The Morgan fingerprint density at radius 3 is 1.77 bits per heavy atom. The number of hydrogen-bond acceptors (Lipinski definition) is 28. The number of hydrogen-bond donors (Lipinski definition) is 17. The standard InChI is InChI=1S/C58H92O29/c1-20-28(63)29(64)35(70)48(79-20)82-40-26(62)18-78-47(38(40)73)81-39-21(2)80-49(37(72)33(39)68)84-42-32(67)34(69)46(76)86-51(42)87-52(77)58-13-11-53(3,4)15-23(58)22-9-10-27-54(5)16-25(61)44(85-50-36(71)30(65)31(66)41(83-50)45(74)75)55(6,19-59)43(54)24(60)17-57(27,8)56(22,7)12-14-58/h9,20-21,23-44,46-51,59-73,76H,10-19H2,1-8H3,(H,74,75). The van der Waals surface area contributed by atoms with Gasteiger partial charge in [0.1, 0.15) is 85.5 Å². The van der Waals surface area contributed by atoms with Gasteiger partial charge in [0, 0.05) is 11.3 Å². The highest BCUT2D eigenvalue weighted by Gasteiger charge is 2.74. The molecule has 5 saturated heterocycles. The molecule has 4 saturated carbocycles. The molecule has 35 atom stereocenters. The van der Waals surface area contributed by atoms with Gasteiger partial charge in [-0.1, -0.05) is 53.2 Å². The van der Waals surface area contributed by atoms with Gasteiger partial charge < -0.3 is 134 Å². The Bertz CT molecular complexity index is 2510. The first-order chi connectivity index (χ1) is 40.5. The minimum atomic E-state index is -2.11. The number of aliphatic hydroxyl groups excluding tert-OH is 16. The maximum atomic E-state index is 15.4. The van der Waals surface area contributed by atoms with Crippen molar-refractivity contribution in [1.29, 1.82) is 0 Å². The summed E-state index contributed by atoms with van der Waals surface area (Å²) in [5, 5.41) is 187. The molecule has 0 amide bonds. The quantitative estimate of drug-likeness (QED) is 0.0497. The maximum Gasteiger partial charge on any atom is 0.335 e. The summed E-state index contributed by atoms with van der Waals surface area (Å²) < 4.78 is 58.2. The van der Waals surface area contributed by atoms with Gasteiger partial charge in [-0.2, -0.15) is 0 Å². The molecule has 35 unspecified atom stereocenters. The Balaban J connectivity index is 0.863. The van der Waals surface area contributed by atoms with Gasteiger partial charge in [-0.05, 0) is 98.7 Å². The van der Waals surface area contributed by atoms with Crippen molar-refractivity contribution >= 4 is 11.9 Å². The number of carbonyl (C=O) groups is 2. The van der Waals surface area contributed by atoms with Crippen LogP contribution in [0, 0.1) is 50.2 Å². The van der Waals surface area contributed by atoms with Crippen LogP contribution in [-0.4, -0.2) is 278 Å². The Hall–Kier alpha value is -2.32. The number of carbonyl (C=O) groups excluding carboxylic acids is 1. The van der Waals surface area contributed by atoms with Crippen LogP contribution in [0.2, 0.25) is 0 Å². The van der Waals surface area contributed by atoms with Gasteiger partial charge in [-0.3, -0.25) is 4.79 Å². The highest BCUT2D eigenvalue weighted by atomic mass is 16.8. The zero-order chi connectivity index (χ0) is 63.9. The summed E-state index contributed by atoms with van der Waals surface area (Å²) in [7, 11) is 0. The summed E-state index contributed by atoms with van der Waals surface area (Å²) in [6.45, 7) is 13.7. The lowest BCUT2D eigenvalue weighted by atomic mass is 9.33. The van der Waals surface area contributed by atoms with Crippen molar-refractivity contribution in [3.05, 3.63) is 11.6 Å². The zero-order valence-electron chi connectivity index (χ0n) is 50.0. The third-order valence-corrected chi connectivity index (χ3v) is 22.7. The van der Waals surface area contributed by atoms with E-state index in [-0.39, 0.29) is 30.6 Å². The van der Waals surface area contributed by atoms with Gasteiger partial charge in [0.2, 0.25) is 6.29 Å². The molecule has 5 aliphatic carbocycles. The Labute approximate surface area is 502 Å². The number of carboxylic acid groups (broad SMARTS) is 1. The number of fused-ring (bicyclic) bond motifs is 7. The van der Waals surface area contributed by atoms with Crippen LogP contribution in [0.5, 0.6) is 0 Å². The lowest BCUT2D eigenvalue weighted by molar-refractivity contribution is -0.389. The first kappa shape index (κ1) is 67.6. The Morgan fingerprint density at radius 1 is 0.552 bits per heavy atom. The molecule has 29 nitrogen and oxygen atoms in total. The van der Waals surface area contributed by atoms with E-state index in [0.717, 1.165) is 5.57 Å². The Kier molecular flexibility index (Phi) is 18.8. The highest BCUT2D eigenvalue weighted by molar-refractivity contribution is 5.79. The first-order valence-corrected chi connectivity index (χ1v) is 30.3. The fourth-order valence-corrected chi connectivity index (χ4v) is 17.7. The first-order valence-electron chi connectivity index (χ1n) is 30.3. The lowest BCUT2D eigenvalue weighted by Crippen LogP contribution is -2.72. The highest BCUT2D eigenvalue weighted by Crippen LogP contribution is 2.76. The normalized spacial score (nSPS) is 55.9. The second kappa shape index (κ2) is 24.2. The van der Waals surface area contributed by atoms with Crippen LogP contribution in [0.1, 0.15) is 107 Å². The van der Waals surface area contributed by atoms with E-state index in [4.69, 9.17) is 47.4 Å². The van der Waals surface area contributed by atoms with Gasteiger partial charge in [0.15, 0.2) is 43.7 Å². The van der Waals surface area contributed by atoms with Crippen molar-refractivity contribution < 1.29 is 144 Å². The number of aliphatic hydroxyl groups is 16. The lowest BCUT2D eigenvalue weighted by Gasteiger charge is -2.72. The molecule has 0 aromatic carbocycles. The molecule has 87 heavy (non-hydrogen) atoms. The minimum absolute atomic E-state index is 0.0102. The summed E-state index contributed by atoms with van der Waals surface area (Å²) in [5.41, 5.74) is -4.47. The molecule has 9 fully saturated rings. The molecule has 0 spiro atoms. The average Bonchev–Trinajstić information content (AvgIpc) is 0.673. The molecular weight excluding hydrogens is 1160 g/mol. The SMILES string of the molecule is CC1OC(OC2C(O)COC(OC3C(C)OC(OC4C(OC(=O)C56CCC(C)(C)CC5C5=CCC7C8(C)CC(O)C(OC9OC(C(=O)O)C(O)C(O)C9O)C(C)(CO)C8C(O)CC7(C)C5(C)CC6)OC(O)C(O)C4O)C(O)C3O)C2O)C(O)C(O)C1O. The molecule has 498 valence electrons. The summed E-state index contributed by atoms with van der Waals surface area (Å²) in [4.78, 5) is 27.4. The second-order valence-electron chi connectivity index (χ2n) is 28.5. The van der Waals surface area contributed by atoms with Gasteiger partial charge in [-0.15, -0.1) is 0 Å². The van der Waals surface area contributed by atoms with Gasteiger partial charge in [0.05, 0.1) is 49.1 Å². The number of esters is 1. The van der Waals surface area contributed by atoms with Gasteiger partial charge in [-0.25, -0.2) is 4.79 Å². The van der Waals surface area contributed by atoms with Gasteiger partial charge >= 0.3 is 11.9 Å². The van der Waals surface area contributed by atoms with E-state index in [9.17, 15) is 91.6 Å². The van der Waals surface area contributed by atoms with Crippen LogP contribution in [0.3, 0.4) is 0 Å². The summed E-state index contributed by atoms with van der Waals surface area (Å²) in [5.74, 6) is -3.96. The number of carboxylic acids is 1. The van der Waals surface area contributed by atoms with E-state index in [0.29, 0.717) is 32.1 Å². The molecule has 17 N–H and O–H groups in total. The van der Waals surface area contributed by atoms with E-state index >= 15 is 4.79 Å². The van der Waals surface area contributed by atoms with E-state index in [1.807, 2.05) is 6.92 Å². The van der Waals surface area contributed by atoms with E-state index in [2.05, 4.69) is 33.8 Å². The summed E-state index contributed by atoms with van der Waals surface area (Å²) in [6.07, 6.45) is -41.9. The molecule has 0 bridgehead atoms.